The summed E-state index contributed by atoms with van der Waals surface area (Å²) < 4.78 is 5.51. The number of nitrogens with zero attached hydrogens (tertiary/aromatic N) is 2. The van der Waals surface area contributed by atoms with Gasteiger partial charge in [0.15, 0.2) is 11.4 Å². The second-order valence-electron chi connectivity index (χ2n) is 4.30. The molecule has 0 radical (unpaired) electrons. The van der Waals surface area contributed by atoms with Crippen molar-refractivity contribution in [3.63, 3.8) is 0 Å². The van der Waals surface area contributed by atoms with Crippen molar-refractivity contribution in [2.24, 2.45) is 0 Å². The fourth-order valence-corrected chi connectivity index (χ4v) is 2.95. The predicted octanol–water partition coefficient (Wildman–Crippen LogP) is 2.13. The van der Waals surface area contributed by atoms with E-state index in [4.69, 9.17) is 4.74 Å². The second-order valence-corrected chi connectivity index (χ2v) is 5.31. The number of rotatable bonds is 4. The van der Waals surface area contributed by atoms with Gasteiger partial charge in [0.25, 0.3) is 0 Å². The summed E-state index contributed by atoms with van der Waals surface area (Å²) in [5, 5.41) is 0.964. The standard InChI is InChI=1S/C12H18N2O2S/c1-3-4-10-11(8-15)17-12(13-10)14-5-6-16-9(2)7-14/h8-9H,3-7H2,1-2H3. The topological polar surface area (TPSA) is 42.4 Å². The van der Waals surface area contributed by atoms with Gasteiger partial charge in [-0.1, -0.05) is 24.7 Å². The van der Waals surface area contributed by atoms with E-state index in [0.717, 1.165) is 54.5 Å². The first-order valence-corrected chi connectivity index (χ1v) is 6.87. The summed E-state index contributed by atoms with van der Waals surface area (Å²) >= 11 is 1.50. The highest BCUT2D eigenvalue weighted by atomic mass is 32.1. The van der Waals surface area contributed by atoms with Crippen molar-refractivity contribution < 1.29 is 9.53 Å². The summed E-state index contributed by atoms with van der Waals surface area (Å²) in [5.41, 5.74) is 0.946. The summed E-state index contributed by atoms with van der Waals surface area (Å²) in [6.45, 7) is 6.62. The molecule has 0 aliphatic carbocycles. The van der Waals surface area contributed by atoms with Crippen LogP contribution in [0.15, 0.2) is 0 Å². The third kappa shape index (κ3) is 2.84. The molecule has 0 amide bonds. The molecule has 2 heterocycles. The first-order chi connectivity index (χ1) is 8.24. The van der Waals surface area contributed by atoms with Gasteiger partial charge in [-0.05, 0) is 13.3 Å². The number of carbonyl (C=O) groups excluding carboxylic acids is 1. The average molecular weight is 254 g/mol. The molecular weight excluding hydrogens is 236 g/mol. The Hall–Kier alpha value is -0.940. The van der Waals surface area contributed by atoms with Crippen molar-refractivity contribution in [1.82, 2.24) is 4.98 Å². The Labute approximate surface area is 106 Å². The van der Waals surface area contributed by atoms with Crippen molar-refractivity contribution in [2.75, 3.05) is 24.6 Å². The molecule has 17 heavy (non-hydrogen) atoms. The molecule has 4 nitrogen and oxygen atoms in total. The van der Waals surface area contributed by atoms with Gasteiger partial charge in [0.2, 0.25) is 0 Å². The van der Waals surface area contributed by atoms with Crippen LogP contribution in [0.2, 0.25) is 0 Å². The van der Waals surface area contributed by atoms with Crippen LogP contribution in [0.4, 0.5) is 5.13 Å². The number of ether oxygens (including phenoxy) is 1. The highest BCUT2D eigenvalue weighted by Gasteiger charge is 2.21. The third-order valence-corrected chi connectivity index (χ3v) is 3.91. The molecule has 0 aromatic carbocycles. The number of carbonyl (C=O) groups is 1. The number of aryl methyl sites for hydroxylation is 1. The highest BCUT2D eigenvalue weighted by Crippen LogP contribution is 2.27. The molecule has 5 heteroatoms. The van der Waals surface area contributed by atoms with E-state index in [1.54, 1.807) is 0 Å². The minimum atomic E-state index is 0.238. The van der Waals surface area contributed by atoms with Crippen LogP contribution in [-0.4, -0.2) is 37.1 Å². The molecule has 1 aromatic rings. The van der Waals surface area contributed by atoms with Crippen LogP contribution in [0.25, 0.3) is 0 Å². The zero-order chi connectivity index (χ0) is 12.3. The maximum absolute atomic E-state index is 11.0. The molecule has 2 rings (SSSR count). The molecule has 1 aliphatic rings. The number of thiazole rings is 1. The van der Waals surface area contributed by atoms with Crippen LogP contribution in [0, 0.1) is 0 Å². The fourth-order valence-electron chi connectivity index (χ4n) is 1.99. The first kappa shape index (κ1) is 12.5. The van der Waals surface area contributed by atoms with E-state index in [1.165, 1.54) is 11.3 Å². The predicted molar refractivity (Wildman–Crippen MR) is 69.1 cm³/mol. The number of morpholine rings is 1. The van der Waals surface area contributed by atoms with Crippen molar-refractivity contribution in [3.05, 3.63) is 10.6 Å². The normalized spacial score (nSPS) is 20.6. The van der Waals surface area contributed by atoms with Crippen molar-refractivity contribution >= 4 is 22.8 Å². The molecule has 0 saturated carbocycles. The van der Waals surface area contributed by atoms with Gasteiger partial charge in [-0.25, -0.2) is 4.98 Å². The van der Waals surface area contributed by atoms with Crippen LogP contribution < -0.4 is 4.90 Å². The molecule has 1 unspecified atom stereocenters. The third-order valence-electron chi connectivity index (χ3n) is 2.82. The lowest BCUT2D eigenvalue weighted by atomic mass is 10.2. The molecular formula is C12H18N2O2S. The maximum atomic E-state index is 11.0. The second kappa shape index (κ2) is 5.60. The molecule has 0 N–H and O–H groups in total. The molecule has 1 atom stereocenters. The van der Waals surface area contributed by atoms with Crippen molar-refractivity contribution in [1.29, 1.82) is 0 Å². The van der Waals surface area contributed by atoms with E-state index >= 15 is 0 Å². The lowest BCUT2D eigenvalue weighted by molar-refractivity contribution is 0.0532. The van der Waals surface area contributed by atoms with Gasteiger partial charge in [-0.2, -0.15) is 0 Å². The number of aldehydes is 1. The molecule has 1 aromatic heterocycles. The molecule has 1 fully saturated rings. The lowest BCUT2D eigenvalue weighted by Gasteiger charge is -2.30. The monoisotopic (exact) mass is 254 g/mol. The number of hydrogen-bond acceptors (Lipinski definition) is 5. The maximum Gasteiger partial charge on any atom is 0.186 e. The molecule has 0 spiro atoms. The largest absolute Gasteiger partial charge is 0.375 e. The van der Waals surface area contributed by atoms with E-state index in [2.05, 4.69) is 23.7 Å². The summed E-state index contributed by atoms with van der Waals surface area (Å²) in [7, 11) is 0. The number of hydrogen-bond donors (Lipinski definition) is 0. The Bertz CT molecular complexity index is 392. The summed E-state index contributed by atoms with van der Waals surface area (Å²) in [6, 6.07) is 0. The summed E-state index contributed by atoms with van der Waals surface area (Å²) in [6.07, 6.45) is 3.06. The Kier molecular flexibility index (Phi) is 4.12. The molecule has 1 saturated heterocycles. The van der Waals surface area contributed by atoms with E-state index in [9.17, 15) is 4.79 Å². The molecule has 1 aliphatic heterocycles. The van der Waals surface area contributed by atoms with Crippen molar-refractivity contribution in [3.8, 4) is 0 Å². The summed E-state index contributed by atoms with van der Waals surface area (Å²) in [5.74, 6) is 0. The Morgan fingerprint density at radius 1 is 1.65 bits per heavy atom. The van der Waals surface area contributed by atoms with E-state index in [-0.39, 0.29) is 6.10 Å². The van der Waals surface area contributed by atoms with Crippen LogP contribution >= 0.6 is 11.3 Å². The minimum absolute atomic E-state index is 0.238. The average Bonchev–Trinajstić information content (AvgIpc) is 2.73. The molecule has 0 bridgehead atoms. The van der Waals surface area contributed by atoms with E-state index in [0.29, 0.717) is 0 Å². The number of aromatic nitrogens is 1. The van der Waals surface area contributed by atoms with E-state index < -0.39 is 0 Å². The zero-order valence-electron chi connectivity index (χ0n) is 10.3. The Balaban J connectivity index is 2.17. The van der Waals surface area contributed by atoms with Crippen molar-refractivity contribution in [2.45, 2.75) is 32.8 Å². The Morgan fingerprint density at radius 3 is 3.12 bits per heavy atom. The zero-order valence-corrected chi connectivity index (χ0v) is 11.1. The summed E-state index contributed by atoms with van der Waals surface area (Å²) in [4.78, 5) is 18.6. The van der Waals surface area contributed by atoms with Gasteiger partial charge in [0, 0.05) is 13.1 Å². The van der Waals surface area contributed by atoms with Crippen LogP contribution in [0.1, 0.15) is 35.6 Å². The molecule has 94 valence electrons. The smallest absolute Gasteiger partial charge is 0.186 e. The van der Waals surface area contributed by atoms with Crippen LogP contribution in [0.5, 0.6) is 0 Å². The van der Waals surface area contributed by atoms with E-state index in [1.807, 2.05) is 0 Å². The Morgan fingerprint density at radius 2 is 2.47 bits per heavy atom. The first-order valence-electron chi connectivity index (χ1n) is 6.06. The van der Waals surface area contributed by atoms with Gasteiger partial charge in [-0.3, -0.25) is 4.79 Å². The minimum Gasteiger partial charge on any atom is -0.375 e. The van der Waals surface area contributed by atoms with Gasteiger partial charge in [0.1, 0.15) is 0 Å². The van der Waals surface area contributed by atoms with Gasteiger partial charge in [0.05, 0.1) is 23.3 Å². The van der Waals surface area contributed by atoms with Gasteiger partial charge >= 0.3 is 0 Å². The van der Waals surface area contributed by atoms with Gasteiger partial charge < -0.3 is 9.64 Å². The highest BCUT2D eigenvalue weighted by molar-refractivity contribution is 7.17. The fraction of sp³-hybridized carbons (Fsp3) is 0.667. The van der Waals surface area contributed by atoms with Crippen LogP contribution in [0.3, 0.4) is 0 Å². The quantitative estimate of drug-likeness (QED) is 0.772. The lowest BCUT2D eigenvalue weighted by Crippen LogP contribution is -2.41. The van der Waals surface area contributed by atoms with Gasteiger partial charge in [-0.15, -0.1) is 0 Å². The van der Waals surface area contributed by atoms with Crippen LogP contribution in [-0.2, 0) is 11.2 Å². The SMILES string of the molecule is CCCc1nc(N2CCOC(C)C2)sc1C=O. The number of anilines is 1.